The molecular weight excluding hydrogens is 268 g/mol. The van der Waals surface area contributed by atoms with E-state index in [9.17, 15) is 9.59 Å². The first-order valence-electron chi connectivity index (χ1n) is 7.15. The molecule has 3 rings (SSSR count). The largest absolute Gasteiger partial charge is 0.463 e. The third-order valence-electron chi connectivity index (χ3n) is 3.97. The first-order chi connectivity index (χ1) is 10.1. The molecule has 1 aromatic heterocycles. The van der Waals surface area contributed by atoms with Crippen LogP contribution >= 0.6 is 0 Å². The Morgan fingerprint density at radius 3 is 3.00 bits per heavy atom. The van der Waals surface area contributed by atoms with E-state index in [-0.39, 0.29) is 17.9 Å². The van der Waals surface area contributed by atoms with E-state index in [1.165, 1.54) is 6.26 Å². The number of rotatable bonds is 3. The normalized spacial score (nSPS) is 18.5. The average molecular weight is 286 g/mol. The fraction of sp³-hybridized carbons (Fsp3) is 0.375. The van der Waals surface area contributed by atoms with Gasteiger partial charge < -0.3 is 14.6 Å². The molecule has 0 radical (unpaired) electrons. The lowest BCUT2D eigenvalue weighted by Crippen LogP contribution is -2.37. The van der Waals surface area contributed by atoms with Crippen LogP contribution in [0.4, 0.5) is 0 Å². The van der Waals surface area contributed by atoms with Gasteiger partial charge in [0, 0.05) is 24.9 Å². The second kappa shape index (κ2) is 5.24. The number of nitrogens with one attached hydrogen (secondary N) is 1. The minimum absolute atomic E-state index is 0.0932. The zero-order valence-corrected chi connectivity index (χ0v) is 12.2. The van der Waals surface area contributed by atoms with Gasteiger partial charge in [-0.2, -0.15) is 0 Å². The Balaban J connectivity index is 1.79. The minimum Gasteiger partial charge on any atom is -0.463 e. The van der Waals surface area contributed by atoms with Crippen LogP contribution in [0, 0.1) is 6.92 Å². The lowest BCUT2D eigenvalue weighted by molar-refractivity contribution is -0.127. The van der Waals surface area contributed by atoms with Gasteiger partial charge in [0.05, 0.1) is 11.6 Å². The number of nitrogens with zero attached hydrogens (tertiary/aromatic N) is 1. The van der Waals surface area contributed by atoms with E-state index in [1.807, 2.05) is 32.0 Å². The lowest BCUT2D eigenvalue weighted by atomic mass is 10.1. The third-order valence-corrected chi connectivity index (χ3v) is 3.97. The van der Waals surface area contributed by atoms with Gasteiger partial charge in [-0.05, 0) is 19.4 Å². The lowest BCUT2D eigenvalue weighted by Gasteiger charge is -2.14. The molecule has 21 heavy (non-hydrogen) atoms. The predicted octanol–water partition coefficient (Wildman–Crippen LogP) is 2.09. The van der Waals surface area contributed by atoms with Crippen LogP contribution in [0.15, 0.2) is 28.9 Å². The number of hydrogen-bond acceptors (Lipinski definition) is 3. The summed E-state index contributed by atoms with van der Waals surface area (Å²) in [4.78, 5) is 25.8. The molecular formula is C16H18N2O3. The summed E-state index contributed by atoms with van der Waals surface area (Å²) in [5.41, 5.74) is 2.26. The summed E-state index contributed by atoms with van der Waals surface area (Å²) in [6, 6.07) is 5.60. The summed E-state index contributed by atoms with van der Waals surface area (Å²) in [7, 11) is 0. The van der Waals surface area contributed by atoms with Crippen LogP contribution in [0.1, 0.15) is 29.3 Å². The van der Waals surface area contributed by atoms with Crippen molar-refractivity contribution in [1.29, 1.82) is 0 Å². The van der Waals surface area contributed by atoms with Gasteiger partial charge in [0.15, 0.2) is 0 Å². The molecule has 1 atom stereocenters. The quantitative estimate of drug-likeness (QED) is 0.939. The molecule has 1 aromatic carbocycles. The Morgan fingerprint density at radius 2 is 2.29 bits per heavy atom. The third kappa shape index (κ3) is 2.39. The highest BCUT2D eigenvalue weighted by atomic mass is 16.3. The molecule has 1 fully saturated rings. The second-order valence-electron chi connectivity index (χ2n) is 5.41. The molecule has 0 bridgehead atoms. The molecule has 110 valence electrons. The Hall–Kier alpha value is -2.30. The van der Waals surface area contributed by atoms with Gasteiger partial charge in [0.25, 0.3) is 5.91 Å². The van der Waals surface area contributed by atoms with Crippen LogP contribution < -0.4 is 5.32 Å². The fourth-order valence-electron chi connectivity index (χ4n) is 2.82. The van der Waals surface area contributed by atoms with Crippen molar-refractivity contribution in [2.75, 3.05) is 13.1 Å². The van der Waals surface area contributed by atoms with Crippen molar-refractivity contribution >= 4 is 22.8 Å². The van der Waals surface area contributed by atoms with Crippen LogP contribution in [0.2, 0.25) is 0 Å². The monoisotopic (exact) mass is 286 g/mol. The zero-order valence-electron chi connectivity index (χ0n) is 12.2. The van der Waals surface area contributed by atoms with Gasteiger partial charge in [-0.3, -0.25) is 9.59 Å². The van der Waals surface area contributed by atoms with Crippen molar-refractivity contribution in [2.24, 2.45) is 0 Å². The van der Waals surface area contributed by atoms with E-state index >= 15 is 0 Å². The summed E-state index contributed by atoms with van der Waals surface area (Å²) in [5, 5.41) is 3.74. The highest BCUT2D eigenvalue weighted by Gasteiger charge is 2.30. The number of fused-ring (bicyclic) bond motifs is 1. The van der Waals surface area contributed by atoms with E-state index in [4.69, 9.17) is 4.42 Å². The molecule has 0 spiro atoms. The van der Waals surface area contributed by atoms with Gasteiger partial charge in [0.1, 0.15) is 11.8 Å². The number of carbonyl (C=O) groups is 2. The van der Waals surface area contributed by atoms with Crippen LogP contribution in [0.3, 0.4) is 0 Å². The van der Waals surface area contributed by atoms with Crippen molar-refractivity contribution in [3.8, 4) is 0 Å². The number of aryl methyl sites for hydroxylation is 1. The number of amides is 2. The molecule has 1 unspecified atom stereocenters. The topological polar surface area (TPSA) is 62.6 Å². The van der Waals surface area contributed by atoms with Crippen LogP contribution in [0.5, 0.6) is 0 Å². The fourth-order valence-corrected chi connectivity index (χ4v) is 2.82. The average Bonchev–Trinajstić information content (AvgIpc) is 3.03. The highest BCUT2D eigenvalue weighted by Crippen LogP contribution is 2.24. The zero-order chi connectivity index (χ0) is 15.0. The molecule has 1 saturated heterocycles. The van der Waals surface area contributed by atoms with Gasteiger partial charge in [0.2, 0.25) is 5.91 Å². The predicted molar refractivity (Wildman–Crippen MR) is 79.1 cm³/mol. The summed E-state index contributed by atoms with van der Waals surface area (Å²) < 4.78 is 5.49. The maximum absolute atomic E-state index is 12.4. The Kier molecular flexibility index (Phi) is 3.41. The van der Waals surface area contributed by atoms with E-state index in [2.05, 4.69) is 5.32 Å². The van der Waals surface area contributed by atoms with Crippen molar-refractivity contribution in [3.05, 3.63) is 35.6 Å². The number of carbonyl (C=O) groups excluding carboxylic acids is 2. The number of furan rings is 1. The van der Waals surface area contributed by atoms with E-state index < -0.39 is 0 Å². The molecule has 0 aliphatic carbocycles. The summed E-state index contributed by atoms with van der Waals surface area (Å²) >= 11 is 0. The van der Waals surface area contributed by atoms with Crippen molar-refractivity contribution in [2.45, 2.75) is 26.3 Å². The standard InChI is InChI=1S/C16H18N2O3/c1-3-18-8-11(7-14(18)19)17-16(20)13-9-21-15-10(2)5-4-6-12(13)15/h4-6,9,11H,3,7-8H2,1-2H3,(H,17,20). The van der Waals surface area contributed by atoms with Gasteiger partial charge in [-0.25, -0.2) is 0 Å². The van der Waals surface area contributed by atoms with Gasteiger partial charge in [-0.1, -0.05) is 18.2 Å². The van der Waals surface area contributed by atoms with E-state index in [0.717, 1.165) is 16.5 Å². The molecule has 2 heterocycles. The van der Waals surface area contributed by atoms with Crippen LogP contribution in [-0.4, -0.2) is 35.8 Å². The Labute approximate surface area is 122 Å². The molecule has 1 aliphatic heterocycles. The Bertz CT molecular complexity index is 705. The van der Waals surface area contributed by atoms with Gasteiger partial charge in [-0.15, -0.1) is 0 Å². The van der Waals surface area contributed by atoms with Crippen LogP contribution in [0.25, 0.3) is 11.0 Å². The molecule has 2 amide bonds. The summed E-state index contributed by atoms with van der Waals surface area (Å²) in [5.74, 6) is -0.0919. The number of likely N-dealkylation sites (N-methyl/N-ethyl adjacent to an activating group) is 1. The number of hydrogen-bond donors (Lipinski definition) is 1. The van der Waals surface area contributed by atoms with Crippen LogP contribution in [-0.2, 0) is 4.79 Å². The SMILES string of the molecule is CCN1CC(NC(=O)c2coc3c(C)cccc23)CC1=O. The van der Waals surface area contributed by atoms with Gasteiger partial charge >= 0.3 is 0 Å². The summed E-state index contributed by atoms with van der Waals surface area (Å²) in [6.07, 6.45) is 1.86. The smallest absolute Gasteiger partial charge is 0.255 e. The molecule has 1 aliphatic rings. The maximum Gasteiger partial charge on any atom is 0.255 e. The first-order valence-corrected chi connectivity index (χ1v) is 7.15. The van der Waals surface area contributed by atoms with Crippen molar-refractivity contribution in [1.82, 2.24) is 10.2 Å². The maximum atomic E-state index is 12.4. The number of benzene rings is 1. The second-order valence-corrected chi connectivity index (χ2v) is 5.41. The molecule has 0 saturated carbocycles. The number of likely N-dealkylation sites (tertiary alicyclic amines) is 1. The molecule has 5 nitrogen and oxygen atoms in total. The molecule has 1 N–H and O–H groups in total. The molecule has 2 aromatic rings. The first kappa shape index (κ1) is 13.7. The van der Waals surface area contributed by atoms with E-state index in [1.54, 1.807) is 4.90 Å². The number of para-hydroxylation sites is 1. The molecule has 5 heteroatoms. The van der Waals surface area contributed by atoms with E-state index in [0.29, 0.717) is 25.1 Å². The minimum atomic E-state index is -0.185. The Morgan fingerprint density at radius 1 is 1.48 bits per heavy atom. The highest BCUT2D eigenvalue weighted by molar-refractivity contribution is 6.06. The van der Waals surface area contributed by atoms with Crippen molar-refractivity contribution in [3.63, 3.8) is 0 Å². The van der Waals surface area contributed by atoms with Crippen molar-refractivity contribution < 1.29 is 14.0 Å². The summed E-state index contributed by atoms with van der Waals surface area (Å²) in [6.45, 7) is 5.14.